The predicted molar refractivity (Wildman–Crippen MR) is 86.9 cm³/mol. The van der Waals surface area contributed by atoms with E-state index in [2.05, 4.69) is 11.1 Å². The van der Waals surface area contributed by atoms with E-state index in [1.165, 1.54) is 5.56 Å². The van der Waals surface area contributed by atoms with Gasteiger partial charge in [0.2, 0.25) is 0 Å². The molecular formula is C18H22N2O2. The zero-order chi connectivity index (χ0) is 15.7. The van der Waals surface area contributed by atoms with Gasteiger partial charge in [-0.2, -0.15) is 0 Å². The molecule has 1 aliphatic rings. The second kappa shape index (κ2) is 6.05. The monoisotopic (exact) mass is 298 g/mol. The average Bonchev–Trinajstić information content (AvgIpc) is 2.54. The number of amides is 1. The number of aromatic nitrogens is 1. The Morgan fingerprint density at radius 3 is 2.68 bits per heavy atom. The summed E-state index contributed by atoms with van der Waals surface area (Å²) in [5.74, 6) is 0.396. The lowest BCUT2D eigenvalue weighted by molar-refractivity contribution is 0.0650. The minimum absolute atomic E-state index is 0.0600. The molecule has 2 aromatic rings. The molecule has 1 saturated heterocycles. The Hall–Kier alpha value is -1.94. The van der Waals surface area contributed by atoms with Crippen molar-refractivity contribution in [2.45, 2.75) is 26.7 Å². The van der Waals surface area contributed by atoms with E-state index in [4.69, 9.17) is 0 Å². The molecule has 0 saturated carbocycles. The number of piperidine rings is 1. The number of rotatable bonds is 2. The Morgan fingerprint density at radius 2 is 2.00 bits per heavy atom. The third-order valence-corrected chi connectivity index (χ3v) is 4.55. The number of carbonyl (C=O) groups is 1. The van der Waals surface area contributed by atoms with E-state index in [-0.39, 0.29) is 12.5 Å². The quantitative estimate of drug-likeness (QED) is 0.927. The Morgan fingerprint density at radius 1 is 1.27 bits per heavy atom. The highest BCUT2D eigenvalue weighted by molar-refractivity contribution is 5.98. The van der Waals surface area contributed by atoms with Crippen LogP contribution < -0.4 is 0 Å². The molecule has 2 heterocycles. The molecule has 3 rings (SSSR count). The number of aliphatic hydroxyl groups is 1. The molecule has 116 valence electrons. The van der Waals surface area contributed by atoms with Gasteiger partial charge in [-0.05, 0) is 50.8 Å². The van der Waals surface area contributed by atoms with Gasteiger partial charge in [0.25, 0.3) is 5.91 Å². The molecule has 1 N–H and O–H groups in total. The van der Waals surface area contributed by atoms with Gasteiger partial charge in [0.05, 0.1) is 16.8 Å². The van der Waals surface area contributed by atoms with Gasteiger partial charge in [0.1, 0.15) is 0 Å². The van der Waals surface area contributed by atoms with Crippen LogP contribution in [0.25, 0.3) is 10.9 Å². The molecule has 22 heavy (non-hydrogen) atoms. The molecule has 0 aliphatic carbocycles. The SMILES string of the molecule is Cc1ccc2nc(C)c(C(=O)N3CCC(CO)CC3)cc2c1. The Kier molecular flexibility index (Phi) is 4.12. The molecule has 0 atom stereocenters. The lowest BCUT2D eigenvalue weighted by Gasteiger charge is -2.31. The molecular weight excluding hydrogens is 276 g/mol. The summed E-state index contributed by atoms with van der Waals surface area (Å²) in [4.78, 5) is 19.2. The number of nitrogens with zero attached hydrogens (tertiary/aromatic N) is 2. The van der Waals surface area contributed by atoms with Crippen LogP contribution in [0.4, 0.5) is 0 Å². The third kappa shape index (κ3) is 2.83. The maximum atomic E-state index is 12.8. The van der Waals surface area contributed by atoms with Gasteiger partial charge in [-0.25, -0.2) is 0 Å². The van der Waals surface area contributed by atoms with Gasteiger partial charge in [-0.15, -0.1) is 0 Å². The predicted octanol–water partition coefficient (Wildman–Crippen LogP) is 2.70. The van der Waals surface area contributed by atoms with Crippen LogP contribution in [-0.4, -0.2) is 40.6 Å². The van der Waals surface area contributed by atoms with E-state index in [0.717, 1.165) is 42.5 Å². The van der Waals surface area contributed by atoms with E-state index in [9.17, 15) is 9.90 Å². The van der Waals surface area contributed by atoms with Crippen molar-refractivity contribution in [3.63, 3.8) is 0 Å². The minimum atomic E-state index is 0.0600. The van der Waals surface area contributed by atoms with Crippen LogP contribution >= 0.6 is 0 Å². The summed E-state index contributed by atoms with van der Waals surface area (Å²) < 4.78 is 0. The Labute approximate surface area is 130 Å². The molecule has 0 radical (unpaired) electrons. The Bertz CT molecular complexity index is 704. The molecule has 0 spiro atoms. The molecule has 1 aromatic carbocycles. The van der Waals surface area contributed by atoms with E-state index < -0.39 is 0 Å². The van der Waals surface area contributed by atoms with Crippen molar-refractivity contribution in [2.75, 3.05) is 19.7 Å². The fourth-order valence-electron chi connectivity index (χ4n) is 3.10. The number of aliphatic hydroxyl groups excluding tert-OH is 1. The number of aryl methyl sites for hydroxylation is 2. The second-order valence-electron chi connectivity index (χ2n) is 6.24. The summed E-state index contributed by atoms with van der Waals surface area (Å²) in [5.41, 5.74) is 3.57. The number of benzene rings is 1. The topological polar surface area (TPSA) is 53.4 Å². The fourth-order valence-corrected chi connectivity index (χ4v) is 3.10. The van der Waals surface area contributed by atoms with Crippen molar-refractivity contribution in [1.82, 2.24) is 9.88 Å². The van der Waals surface area contributed by atoms with Crippen molar-refractivity contribution in [1.29, 1.82) is 0 Å². The molecule has 4 heteroatoms. The maximum Gasteiger partial charge on any atom is 0.255 e. The second-order valence-corrected chi connectivity index (χ2v) is 6.24. The number of fused-ring (bicyclic) bond motifs is 1. The molecule has 1 aromatic heterocycles. The lowest BCUT2D eigenvalue weighted by Crippen LogP contribution is -2.39. The van der Waals surface area contributed by atoms with Crippen molar-refractivity contribution in [3.05, 3.63) is 41.1 Å². The average molecular weight is 298 g/mol. The van der Waals surface area contributed by atoms with Crippen LogP contribution in [0, 0.1) is 19.8 Å². The van der Waals surface area contributed by atoms with E-state index in [1.807, 2.05) is 36.9 Å². The molecule has 0 bridgehead atoms. The van der Waals surface area contributed by atoms with Crippen molar-refractivity contribution in [3.8, 4) is 0 Å². The van der Waals surface area contributed by atoms with Gasteiger partial charge < -0.3 is 10.0 Å². The van der Waals surface area contributed by atoms with E-state index in [1.54, 1.807) is 0 Å². The molecule has 4 nitrogen and oxygen atoms in total. The van der Waals surface area contributed by atoms with Gasteiger partial charge in [0, 0.05) is 25.1 Å². The molecule has 1 amide bonds. The summed E-state index contributed by atoms with van der Waals surface area (Å²) in [5, 5.41) is 10.2. The van der Waals surface area contributed by atoms with Gasteiger partial charge in [-0.3, -0.25) is 9.78 Å². The first kappa shape index (κ1) is 15.0. The van der Waals surface area contributed by atoms with Crippen LogP contribution in [0.2, 0.25) is 0 Å². The summed E-state index contributed by atoms with van der Waals surface area (Å²) >= 11 is 0. The van der Waals surface area contributed by atoms with E-state index in [0.29, 0.717) is 11.5 Å². The maximum absolute atomic E-state index is 12.8. The molecule has 1 fully saturated rings. The summed E-state index contributed by atoms with van der Waals surface area (Å²) in [6.07, 6.45) is 1.75. The van der Waals surface area contributed by atoms with Crippen LogP contribution in [0.3, 0.4) is 0 Å². The smallest absolute Gasteiger partial charge is 0.255 e. The minimum Gasteiger partial charge on any atom is -0.396 e. The van der Waals surface area contributed by atoms with E-state index >= 15 is 0 Å². The van der Waals surface area contributed by atoms with Crippen LogP contribution in [-0.2, 0) is 0 Å². The summed E-state index contributed by atoms with van der Waals surface area (Å²) in [7, 11) is 0. The standard InChI is InChI=1S/C18H22N2O2/c1-12-3-4-17-15(9-12)10-16(13(2)19-17)18(22)20-7-5-14(11-21)6-8-20/h3-4,9-10,14,21H,5-8,11H2,1-2H3. The zero-order valence-electron chi connectivity index (χ0n) is 13.2. The highest BCUT2D eigenvalue weighted by atomic mass is 16.3. The van der Waals surface area contributed by atoms with Crippen LogP contribution in [0.1, 0.15) is 34.5 Å². The van der Waals surface area contributed by atoms with Crippen molar-refractivity contribution < 1.29 is 9.90 Å². The number of hydrogen-bond donors (Lipinski definition) is 1. The highest BCUT2D eigenvalue weighted by Crippen LogP contribution is 2.22. The fraction of sp³-hybridized carbons (Fsp3) is 0.444. The molecule has 0 unspecified atom stereocenters. The van der Waals surface area contributed by atoms with Gasteiger partial charge in [0.15, 0.2) is 0 Å². The zero-order valence-corrected chi connectivity index (χ0v) is 13.2. The van der Waals surface area contributed by atoms with Crippen molar-refractivity contribution >= 4 is 16.8 Å². The third-order valence-electron chi connectivity index (χ3n) is 4.55. The van der Waals surface area contributed by atoms with Crippen molar-refractivity contribution in [2.24, 2.45) is 5.92 Å². The number of likely N-dealkylation sites (tertiary alicyclic amines) is 1. The summed E-state index contributed by atoms with van der Waals surface area (Å²) in [6, 6.07) is 8.07. The number of hydrogen-bond acceptors (Lipinski definition) is 3. The van der Waals surface area contributed by atoms with Gasteiger partial charge in [-0.1, -0.05) is 11.6 Å². The lowest BCUT2D eigenvalue weighted by atomic mass is 9.97. The number of carbonyl (C=O) groups excluding carboxylic acids is 1. The van der Waals surface area contributed by atoms with Gasteiger partial charge >= 0.3 is 0 Å². The largest absolute Gasteiger partial charge is 0.396 e. The first-order chi connectivity index (χ1) is 10.6. The first-order valence-corrected chi connectivity index (χ1v) is 7.86. The summed E-state index contributed by atoms with van der Waals surface area (Å²) in [6.45, 7) is 5.59. The van der Waals surface area contributed by atoms with Crippen LogP contribution in [0.5, 0.6) is 0 Å². The number of pyridine rings is 1. The Balaban J connectivity index is 1.89. The molecule has 1 aliphatic heterocycles. The normalized spacial score (nSPS) is 16.2. The highest BCUT2D eigenvalue weighted by Gasteiger charge is 2.24. The first-order valence-electron chi connectivity index (χ1n) is 7.86. The van der Waals surface area contributed by atoms with Crippen LogP contribution in [0.15, 0.2) is 24.3 Å².